The molecule has 0 aliphatic carbocycles. The Bertz CT molecular complexity index is 748. The van der Waals surface area contributed by atoms with E-state index in [4.69, 9.17) is 10.7 Å². The molecule has 2 nitrogen and oxygen atoms in total. The van der Waals surface area contributed by atoms with Crippen molar-refractivity contribution in [2.45, 2.75) is 72.6 Å². The van der Waals surface area contributed by atoms with Crippen molar-refractivity contribution in [2.75, 3.05) is 0 Å². The van der Waals surface area contributed by atoms with Crippen LogP contribution in [0.5, 0.6) is 0 Å². The highest BCUT2D eigenvalue weighted by molar-refractivity contribution is 5.88. The van der Waals surface area contributed by atoms with Crippen molar-refractivity contribution in [1.82, 2.24) is 0 Å². The molecule has 1 unspecified atom stereocenters. The van der Waals surface area contributed by atoms with Gasteiger partial charge >= 0.3 is 0 Å². The molecule has 0 radical (unpaired) electrons. The summed E-state index contributed by atoms with van der Waals surface area (Å²) in [6, 6.07) is 17.3. The summed E-state index contributed by atoms with van der Waals surface area (Å²) in [5.74, 6) is 0.750. The summed E-state index contributed by atoms with van der Waals surface area (Å²) in [6.45, 7) is 13.3. The van der Waals surface area contributed by atoms with Gasteiger partial charge in [-0.3, -0.25) is 0 Å². The lowest BCUT2D eigenvalue weighted by atomic mass is 9.79. The number of nitrogens with two attached hydrogens (primary N) is 1. The van der Waals surface area contributed by atoms with Crippen LogP contribution in [0, 0.1) is 12.3 Å². The third-order valence-corrected chi connectivity index (χ3v) is 5.49. The lowest BCUT2D eigenvalue weighted by Gasteiger charge is -2.29. The van der Waals surface area contributed by atoms with Crippen LogP contribution in [0.1, 0.15) is 70.6 Å². The summed E-state index contributed by atoms with van der Waals surface area (Å²) in [7, 11) is 0. The normalized spacial score (nSPS) is 14.8. The van der Waals surface area contributed by atoms with Crippen LogP contribution in [0.25, 0.3) is 0 Å². The van der Waals surface area contributed by atoms with Crippen LogP contribution in [0.4, 0.5) is 5.69 Å². The first-order chi connectivity index (χ1) is 12.6. The van der Waals surface area contributed by atoms with Gasteiger partial charge in [-0.25, -0.2) is 4.99 Å². The maximum absolute atomic E-state index is 6.53. The summed E-state index contributed by atoms with van der Waals surface area (Å²) in [6.07, 6.45) is 4.19. The molecule has 0 aromatic heterocycles. The summed E-state index contributed by atoms with van der Waals surface area (Å²) in [5, 5.41) is 0. The molecule has 2 N–H and O–H groups in total. The molecular formula is C25H36N2. The molecule has 0 fully saturated rings. The van der Waals surface area contributed by atoms with Gasteiger partial charge < -0.3 is 5.73 Å². The molecule has 0 saturated carbocycles. The predicted molar refractivity (Wildman–Crippen MR) is 119 cm³/mol. The Morgan fingerprint density at radius 1 is 0.889 bits per heavy atom. The molecular weight excluding hydrogens is 328 g/mol. The maximum Gasteiger partial charge on any atom is 0.106 e. The second-order valence-electron chi connectivity index (χ2n) is 9.09. The standard InChI is InChI=1S/C25H36N2/c1-7-17-25(6,18-16-20-10-8-19(2)9-11-20)23(26)27-22-14-12-21(13-15-22)24(3,4)5/h8-15H,7,16-18H2,1-6H3,(H2,26,27). The number of benzene rings is 2. The third-order valence-electron chi connectivity index (χ3n) is 5.49. The zero-order valence-corrected chi connectivity index (χ0v) is 18.0. The molecule has 2 rings (SSSR count). The van der Waals surface area contributed by atoms with Crippen LogP contribution in [0.3, 0.4) is 0 Å². The van der Waals surface area contributed by atoms with Gasteiger partial charge in [-0.15, -0.1) is 0 Å². The van der Waals surface area contributed by atoms with Crippen LogP contribution in [0.2, 0.25) is 0 Å². The predicted octanol–water partition coefficient (Wildman–Crippen LogP) is 6.72. The van der Waals surface area contributed by atoms with Gasteiger partial charge in [-0.05, 0) is 54.9 Å². The van der Waals surface area contributed by atoms with E-state index in [9.17, 15) is 0 Å². The van der Waals surface area contributed by atoms with E-state index in [1.54, 1.807) is 0 Å². The fraction of sp³-hybridized carbons (Fsp3) is 0.480. The highest BCUT2D eigenvalue weighted by Crippen LogP contribution is 2.32. The largest absolute Gasteiger partial charge is 0.387 e. The summed E-state index contributed by atoms with van der Waals surface area (Å²) in [5.41, 5.74) is 11.5. The minimum atomic E-state index is -0.0810. The lowest BCUT2D eigenvalue weighted by Crippen LogP contribution is -2.35. The monoisotopic (exact) mass is 364 g/mol. The summed E-state index contributed by atoms with van der Waals surface area (Å²) >= 11 is 0. The van der Waals surface area contributed by atoms with Crippen LogP contribution in [-0.2, 0) is 11.8 Å². The van der Waals surface area contributed by atoms with Crippen molar-refractivity contribution in [3.05, 3.63) is 65.2 Å². The number of rotatable bonds is 7. The zero-order valence-electron chi connectivity index (χ0n) is 18.0. The molecule has 2 aromatic rings. The number of aliphatic imine (C=N–C) groups is 1. The topological polar surface area (TPSA) is 38.4 Å². The molecule has 0 bridgehead atoms. The first-order valence-corrected chi connectivity index (χ1v) is 10.1. The van der Waals surface area contributed by atoms with Gasteiger partial charge in [-0.1, -0.05) is 83.0 Å². The molecule has 0 aliphatic heterocycles. The molecule has 0 spiro atoms. The summed E-state index contributed by atoms with van der Waals surface area (Å²) < 4.78 is 0. The van der Waals surface area contributed by atoms with Gasteiger partial charge in [-0.2, -0.15) is 0 Å². The quantitative estimate of drug-likeness (QED) is 0.430. The molecule has 0 aliphatic rings. The third kappa shape index (κ3) is 5.95. The van der Waals surface area contributed by atoms with E-state index in [1.807, 2.05) is 0 Å². The Morgan fingerprint density at radius 2 is 1.48 bits per heavy atom. The SMILES string of the molecule is CCCC(C)(CCc1ccc(C)cc1)C(N)=Nc1ccc(C(C)(C)C)cc1. The van der Waals surface area contributed by atoms with Crippen molar-refractivity contribution in [2.24, 2.45) is 16.1 Å². The molecule has 27 heavy (non-hydrogen) atoms. The molecule has 1 atom stereocenters. The van der Waals surface area contributed by atoms with Crippen molar-refractivity contribution in [3.8, 4) is 0 Å². The number of hydrogen-bond acceptors (Lipinski definition) is 1. The van der Waals surface area contributed by atoms with Crippen LogP contribution in [0.15, 0.2) is 53.5 Å². The van der Waals surface area contributed by atoms with Gasteiger partial charge in [0.25, 0.3) is 0 Å². The van der Waals surface area contributed by atoms with E-state index in [0.29, 0.717) is 0 Å². The van der Waals surface area contributed by atoms with E-state index in [1.165, 1.54) is 16.7 Å². The summed E-state index contributed by atoms with van der Waals surface area (Å²) in [4.78, 5) is 4.79. The highest BCUT2D eigenvalue weighted by atomic mass is 14.9. The molecule has 0 heterocycles. The Balaban J connectivity index is 2.17. The van der Waals surface area contributed by atoms with E-state index in [2.05, 4.69) is 90.1 Å². The van der Waals surface area contributed by atoms with Crippen molar-refractivity contribution in [3.63, 3.8) is 0 Å². The zero-order chi connectivity index (χ0) is 20.1. The number of amidine groups is 1. The molecule has 0 saturated heterocycles. The average molecular weight is 365 g/mol. The minimum absolute atomic E-state index is 0.0810. The van der Waals surface area contributed by atoms with Gasteiger partial charge in [0.15, 0.2) is 0 Å². The second-order valence-corrected chi connectivity index (χ2v) is 9.09. The van der Waals surface area contributed by atoms with E-state index < -0.39 is 0 Å². The molecule has 2 heteroatoms. The molecule has 0 amide bonds. The first-order valence-electron chi connectivity index (χ1n) is 10.1. The Morgan fingerprint density at radius 3 is 2.00 bits per heavy atom. The van der Waals surface area contributed by atoms with E-state index in [-0.39, 0.29) is 10.8 Å². The van der Waals surface area contributed by atoms with Gasteiger partial charge in [0.1, 0.15) is 5.84 Å². The number of aryl methyl sites for hydroxylation is 2. The maximum atomic E-state index is 6.53. The fourth-order valence-corrected chi connectivity index (χ4v) is 3.42. The van der Waals surface area contributed by atoms with E-state index >= 15 is 0 Å². The lowest BCUT2D eigenvalue weighted by molar-refractivity contribution is 0.386. The van der Waals surface area contributed by atoms with Crippen LogP contribution >= 0.6 is 0 Å². The van der Waals surface area contributed by atoms with Gasteiger partial charge in [0.2, 0.25) is 0 Å². The van der Waals surface area contributed by atoms with Gasteiger partial charge in [0.05, 0.1) is 5.69 Å². The van der Waals surface area contributed by atoms with Crippen LogP contribution < -0.4 is 5.73 Å². The van der Waals surface area contributed by atoms with Crippen LogP contribution in [-0.4, -0.2) is 5.84 Å². The minimum Gasteiger partial charge on any atom is -0.387 e. The first kappa shape index (κ1) is 21.2. The number of hydrogen-bond donors (Lipinski definition) is 1. The Hall–Kier alpha value is -2.09. The van der Waals surface area contributed by atoms with Gasteiger partial charge in [0, 0.05) is 5.41 Å². The van der Waals surface area contributed by atoms with Crippen molar-refractivity contribution >= 4 is 11.5 Å². The second kappa shape index (κ2) is 8.73. The Labute approximate surface area is 165 Å². The molecule has 146 valence electrons. The van der Waals surface area contributed by atoms with Crippen molar-refractivity contribution in [1.29, 1.82) is 0 Å². The van der Waals surface area contributed by atoms with Crippen molar-refractivity contribution < 1.29 is 0 Å². The average Bonchev–Trinajstić information content (AvgIpc) is 2.61. The molecule has 2 aromatic carbocycles. The smallest absolute Gasteiger partial charge is 0.106 e. The Kier molecular flexibility index (Phi) is 6.86. The fourth-order valence-electron chi connectivity index (χ4n) is 3.42. The van der Waals surface area contributed by atoms with E-state index in [0.717, 1.165) is 37.2 Å². The highest BCUT2D eigenvalue weighted by Gasteiger charge is 2.28. The number of nitrogens with zero attached hydrogens (tertiary/aromatic N) is 1.